The van der Waals surface area contributed by atoms with Crippen molar-refractivity contribution in [1.29, 1.82) is 0 Å². The van der Waals surface area contributed by atoms with Crippen LogP contribution in [-0.2, 0) is 26.1 Å². The highest BCUT2D eigenvalue weighted by Crippen LogP contribution is 2.52. The topological polar surface area (TPSA) is 77.5 Å². The maximum absolute atomic E-state index is 14.2. The third-order valence-corrected chi connectivity index (χ3v) is 12.8. The largest absolute Gasteiger partial charge is 0.493 e. The Morgan fingerprint density at radius 3 is 1.39 bits per heavy atom. The van der Waals surface area contributed by atoms with Gasteiger partial charge in [-0.05, 0) is 137 Å². The molecule has 2 atom stereocenters. The van der Waals surface area contributed by atoms with Gasteiger partial charge in [0, 0.05) is 11.4 Å². The van der Waals surface area contributed by atoms with Crippen LogP contribution in [0.1, 0.15) is 79.8 Å². The number of fused-ring (bicyclic) bond motifs is 12. The lowest BCUT2D eigenvalue weighted by molar-refractivity contribution is 0.0975. The molecule has 0 radical (unpaired) electrons. The van der Waals surface area contributed by atoms with Crippen LogP contribution in [0.4, 0.5) is 11.4 Å². The molecule has 0 N–H and O–H groups in total. The Labute approximate surface area is 325 Å². The zero-order valence-electron chi connectivity index (χ0n) is 31.4. The molecule has 56 heavy (non-hydrogen) atoms. The van der Waals surface area contributed by atoms with Gasteiger partial charge in [0.25, 0.3) is 11.8 Å². The van der Waals surface area contributed by atoms with Gasteiger partial charge in [-0.3, -0.25) is 9.59 Å². The Hall–Kier alpha value is -6.28. The predicted octanol–water partition coefficient (Wildman–Crippen LogP) is 9.13. The maximum atomic E-state index is 14.2. The Kier molecular flexibility index (Phi) is 7.46. The molecule has 278 valence electrons. The molecule has 8 heteroatoms. The summed E-state index contributed by atoms with van der Waals surface area (Å²) in [5.74, 6) is 2.31. The molecular weight excluding hydrogens is 701 g/mol. The van der Waals surface area contributed by atoms with Crippen molar-refractivity contribution in [3.05, 3.63) is 153 Å². The molecule has 5 aromatic carbocycles. The van der Waals surface area contributed by atoms with Crippen molar-refractivity contribution >= 4 is 34.3 Å². The van der Waals surface area contributed by atoms with Crippen LogP contribution in [0.15, 0.2) is 108 Å². The number of hydrogen-bond acceptors (Lipinski definition) is 6. The standard InChI is InChI=1S/C48H40N2O6/c1-53-43-23-37-35(31-14-16-33(31)41-19-29-10-3-5-12-39(29)49(41)47(37)51)21-45(43)55-25-27-8-7-9-28(18-27)26-56-46-22-36-32-15-17-34(32)42-20-30-11-4-6-13-40(30)50(42)48(52)38(36)24-44(46)54-2/h3-13,18,21-24,41-42H,14-17,19-20,25-26H2,1-2H3/t41-,42?/m0/s1. The summed E-state index contributed by atoms with van der Waals surface area (Å²) in [6.07, 6.45) is 5.58. The number of nitrogens with zero attached hydrogens (tertiary/aromatic N) is 2. The summed E-state index contributed by atoms with van der Waals surface area (Å²) in [5, 5.41) is 0. The first kappa shape index (κ1) is 33.1. The minimum atomic E-state index is 0.00979. The van der Waals surface area contributed by atoms with Crippen LogP contribution in [0, 0.1) is 0 Å². The quantitative estimate of drug-likeness (QED) is 0.158. The average molecular weight is 741 g/mol. The van der Waals surface area contributed by atoms with Gasteiger partial charge in [0.05, 0.1) is 37.4 Å². The van der Waals surface area contributed by atoms with E-state index < -0.39 is 0 Å². The normalized spacial score (nSPS) is 19.5. The number of benzene rings is 5. The number of allylic oxidation sites excluding steroid dienone is 2. The second-order valence-corrected chi connectivity index (χ2v) is 15.5. The molecule has 4 aliphatic heterocycles. The Bertz CT molecular complexity index is 2430. The van der Waals surface area contributed by atoms with Crippen LogP contribution in [0.25, 0.3) is 11.1 Å². The fraction of sp³-hybridized carbons (Fsp3) is 0.250. The number of para-hydroxylation sites is 2. The predicted molar refractivity (Wildman–Crippen MR) is 215 cm³/mol. The van der Waals surface area contributed by atoms with E-state index in [1.165, 1.54) is 33.4 Å². The van der Waals surface area contributed by atoms with E-state index in [-0.39, 0.29) is 23.9 Å². The van der Waals surface area contributed by atoms with Gasteiger partial charge in [0.15, 0.2) is 23.0 Å². The molecule has 0 saturated carbocycles. The minimum absolute atomic E-state index is 0.00979. The number of carbonyl (C=O) groups is 2. The van der Waals surface area contributed by atoms with Crippen LogP contribution in [0.2, 0.25) is 0 Å². The summed E-state index contributed by atoms with van der Waals surface area (Å²) in [7, 11) is 3.24. The van der Waals surface area contributed by atoms with E-state index in [1.807, 2.05) is 64.4 Å². The van der Waals surface area contributed by atoms with Crippen LogP contribution < -0.4 is 28.7 Å². The molecule has 11 rings (SSSR count). The van der Waals surface area contributed by atoms with E-state index in [9.17, 15) is 9.59 Å². The van der Waals surface area contributed by atoms with Gasteiger partial charge in [-0.25, -0.2) is 0 Å². The van der Waals surface area contributed by atoms with E-state index >= 15 is 0 Å². The van der Waals surface area contributed by atoms with Gasteiger partial charge in [0.2, 0.25) is 0 Å². The maximum Gasteiger partial charge on any atom is 0.259 e. The van der Waals surface area contributed by atoms with Crippen molar-refractivity contribution in [3.8, 4) is 23.0 Å². The first-order valence-electron chi connectivity index (χ1n) is 19.5. The van der Waals surface area contributed by atoms with E-state index in [0.29, 0.717) is 47.3 Å². The smallest absolute Gasteiger partial charge is 0.259 e. The summed E-state index contributed by atoms with van der Waals surface area (Å²) >= 11 is 0. The highest BCUT2D eigenvalue weighted by Gasteiger charge is 2.45. The van der Waals surface area contributed by atoms with Gasteiger partial charge < -0.3 is 28.7 Å². The van der Waals surface area contributed by atoms with Crippen LogP contribution in [-0.4, -0.2) is 38.1 Å². The Morgan fingerprint density at radius 2 is 0.964 bits per heavy atom. The van der Waals surface area contributed by atoms with Crippen molar-refractivity contribution in [3.63, 3.8) is 0 Å². The van der Waals surface area contributed by atoms with Gasteiger partial charge >= 0.3 is 0 Å². The lowest BCUT2D eigenvalue weighted by atomic mass is 9.79. The molecule has 0 spiro atoms. The highest BCUT2D eigenvalue weighted by atomic mass is 16.5. The van der Waals surface area contributed by atoms with E-state index in [2.05, 4.69) is 42.5 Å². The van der Waals surface area contributed by atoms with Crippen molar-refractivity contribution in [1.82, 2.24) is 0 Å². The van der Waals surface area contributed by atoms with Gasteiger partial charge in [-0.15, -0.1) is 0 Å². The third kappa shape index (κ3) is 4.91. The summed E-state index contributed by atoms with van der Waals surface area (Å²) in [6, 6.07) is 32.5. The molecule has 0 fully saturated rings. The lowest BCUT2D eigenvalue weighted by Crippen LogP contribution is -2.38. The van der Waals surface area contributed by atoms with Gasteiger partial charge in [-0.2, -0.15) is 0 Å². The minimum Gasteiger partial charge on any atom is -0.493 e. The summed E-state index contributed by atoms with van der Waals surface area (Å²) in [5.41, 5.74) is 14.8. The summed E-state index contributed by atoms with van der Waals surface area (Å²) < 4.78 is 24.6. The molecular formula is C48H40N2O6. The number of hydrogen-bond donors (Lipinski definition) is 0. The number of ether oxygens (including phenoxy) is 4. The van der Waals surface area contributed by atoms with Crippen molar-refractivity contribution in [2.24, 2.45) is 0 Å². The van der Waals surface area contributed by atoms with Crippen molar-refractivity contribution in [2.75, 3.05) is 24.0 Å². The lowest BCUT2D eigenvalue weighted by Gasteiger charge is -2.31. The third-order valence-electron chi connectivity index (χ3n) is 12.8. The molecule has 0 bridgehead atoms. The first-order chi connectivity index (χ1) is 27.5. The van der Waals surface area contributed by atoms with E-state index in [4.69, 9.17) is 18.9 Å². The fourth-order valence-electron chi connectivity index (χ4n) is 9.88. The molecule has 0 aromatic heterocycles. The van der Waals surface area contributed by atoms with Crippen molar-refractivity contribution in [2.45, 2.75) is 63.8 Å². The Balaban J connectivity index is 0.837. The Morgan fingerprint density at radius 1 is 0.518 bits per heavy atom. The molecule has 2 amide bonds. The number of rotatable bonds is 8. The zero-order chi connectivity index (χ0) is 37.7. The number of methoxy groups -OCH3 is 2. The second kappa shape index (κ2) is 12.6. The SMILES string of the molecule is COc1cc2c(cc1OCc1cccc(COc3cc4c(cc3OC)C(=O)N3c5ccccc5C[C@H]3C3=C4CC3)c1)C1=C(CC1)C1Cc3ccccc3N1C2=O. The summed E-state index contributed by atoms with van der Waals surface area (Å²) in [6.45, 7) is 0.625. The van der Waals surface area contributed by atoms with Crippen LogP contribution >= 0.6 is 0 Å². The molecule has 2 aliphatic carbocycles. The summed E-state index contributed by atoms with van der Waals surface area (Å²) in [4.78, 5) is 32.3. The van der Waals surface area contributed by atoms with E-state index in [0.717, 1.165) is 72.2 Å². The van der Waals surface area contributed by atoms with Crippen molar-refractivity contribution < 1.29 is 28.5 Å². The molecule has 4 heterocycles. The van der Waals surface area contributed by atoms with Crippen LogP contribution in [0.3, 0.4) is 0 Å². The first-order valence-corrected chi connectivity index (χ1v) is 19.5. The average Bonchev–Trinajstić information content (AvgIpc) is 3.73. The highest BCUT2D eigenvalue weighted by molar-refractivity contribution is 6.14. The molecule has 5 aromatic rings. The fourth-order valence-corrected chi connectivity index (χ4v) is 9.88. The van der Waals surface area contributed by atoms with E-state index in [1.54, 1.807) is 14.2 Å². The van der Waals surface area contributed by atoms with Crippen LogP contribution in [0.5, 0.6) is 23.0 Å². The molecule has 1 unspecified atom stereocenters. The number of anilines is 2. The molecule has 8 nitrogen and oxygen atoms in total. The number of carbonyl (C=O) groups excluding carboxylic acids is 2. The van der Waals surface area contributed by atoms with Gasteiger partial charge in [0.1, 0.15) is 13.2 Å². The second-order valence-electron chi connectivity index (χ2n) is 15.5. The zero-order valence-corrected chi connectivity index (χ0v) is 31.4. The number of amides is 2. The molecule has 0 saturated heterocycles. The van der Waals surface area contributed by atoms with Gasteiger partial charge in [-0.1, -0.05) is 54.6 Å². The molecule has 6 aliphatic rings. The monoisotopic (exact) mass is 740 g/mol.